The number of ether oxygens (including phenoxy) is 1. The molecule has 1 aliphatic rings. The van der Waals surface area contributed by atoms with Crippen molar-refractivity contribution in [2.24, 2.45) is 0 Å². The highest BCUT2D eigenvalue weighted by Crippen LogP contribution is 2.34. The summed E-state index contributed by atoms with van der Waals surface area (Å²) in [5.41, 5.74) is -1.74. The summed E-state index contributed by atoms with van der Waals surface area (Å²) in [6.45, 7) is 6.82. The average Bonchev–Trinajstić information content (AvgIpc) is 2.51. The molecule has 0 bridgehead atoms. The minimum atomic E-state index is -4.67. The topological polar surface area (TPSA) is 66.9 Å². The van der Waals surface area contributed by atoms with Gasteiger partial charge in [-0.2, -0.15) is 17.5 Å². The van der Waals surface area contributed by atoms with Crippen molar-refractivity contribution in [3.8, 4) is 0 Å². The van der Waals surface area contributed by atoms with E-state index in [4.69, 9.17) is 4.74 Å². The van der Waals surface area contributed by atoms with Crippen LogP contribution in [-0.4, -0.2) is 55.0 Å². The molecule has 0 spiro atoms. The Hall–Kier alpha value is -1.33. The molecule has 158 valence electrons. The highest BCUT2D eigenvalue weighted by atomic mass is 79.9. The summed E-state index contributed by atoms with van der Waals surface area (Å²) in [6, 6.07) is 2.08. The fourth-order valence-corrected chi connectivity index (χ4v) is 4.99. The predicted molar refractivity (Wildman–Crippen MR) is 100 cm³/mol. The Kier molecular flexibility index (Phi) is 6.42. The van der Waals surface area contributed by atoms with Gasteiger partial charge in [0.1, 0.15) is 5.60 Å². The molecule has 0 aliphatic carbocycles. The number of carbonyl (C=O) groups is 1. The van der Waals surface area contributed by atoms with Gasteiger partial charge in [-0.05, 0) is 45.9 Å². The van der Waals surface area contributed by atoms with Gasteiger partial charge in [0.05, 0.1) is 10.5 Å². The van der Waals surface area contributed by atoms with E-state index < -0.39 is 44.4 Å². The molecule has 0 unspecified atom stereocenters. The van der Waals surface area contributed by atoms with Crippen molar-refractivity contribution < 1.29 is 31.1 Å². The number of rotatable bonds is 2. The van der Waals surface area contributed by atoms with Gasteiger partial charge in [-0.25, -0.2) is 13.2 Å². The molecule has 1 amide bonds. The molecular weight excluding hydrogens is 465 g/mol. The molecule has 28 heavy (non-hydrogen) atoms. The SMILES string of the molecule is C[C@@H]1CN(S(=O)(=O)c2cc(Br)cc(C(F)(F)F)c2)CCN1C(=O)OC(C)(C)C. The lowest BCUT2D eigenvalue weighted by Gasteiger charge is -2.39. The van der Waals surface area contributed by atoms with Gasteiger partial charge in [0, 0.05) is 30.1 Å². The van der Waals surface area contributed by atoms with Crippen LogP contribution >= 0.6 is 15.9 Å². The number of piperazine rings is 1. The molecule has 11 heteroatoms. The highest BCUT2D eigenvalue weighted by molar-refractivity contribution is 9.10. The third-order valence-corrected chi connectivity index (χ3v) is 6.36. The lowest BCUT2D eigenvalue weighted by molar-refractivity contribution is -0.137. The van der Waals surface area contributed by atoms with Crippen LogP contribution in [0.4, 0.5) is 18.0 Å². The van der Waals surface area contributed by atoms with Crippen molar-refractivity contribution in [1.82, 2.24) is 9.21 Å². The van der Waals surface area contributed by atoms with Gasteiger partial charge in [0.2, 0.25) is 10.0 Å². The summed E-state index contributed by atoms with van der Waals surface area (Å²) in [7, 11) is -4.16. The van der Waals surface area contributed by atoms with Crippen LogP contribution in [0.25, 0.3) is 0 Å². The molecule has 0 N–H and O–H groups in total. The van der Waals surface area contributed by atoms with Gasteiger partial charge in [-0.1, -0.05) is 15.9 Å². The van der Waals surface area contributed by atoms with Gasteiger partial charge < -0.3 is 9.64 Å². The van der Waals surface area contributed by atoms with Gasteiger partial charge in [0.15, 0.2) is 0 Å². The highest BCUT2D eigenvalue weighted by Gasteiger charge is 2.38. The number of halogens is 4. The summed E-state index contributed by atoms with van der Waals surface area (Å²) in [5.74, 6) is 0. The van der Waals surface area contributed by atoms with Crippen LogP contribution in [0.5, 0.6) is 0 Å². The number of hydrogen-bond donors (Lipinski definition) is 0. The Morgan fingerprint density at radius 3 is 2.29 bits per heavy atom. The van der Waals surface area contributed by atoms with Gasteiger partial charge in [-0.15, -0.1) is 0 Å². The second-order valence-corrected chi connectivity index (χ2v) is 10.4. The van der Waals surface area contributed by atoms with Gasteiger partial charge in [0.25, 0.3) is 0 Å². The van der Waals surface area contributed by atoms with Crippen molar-refractivity contribution in [2.75, 3.05) is 19.6 Å². The van der Waals surface area contributed by atoms with E-state index in [9.17, 15) is 26.4 Å². The maximum Gasteiger partial charge on any atom is 0.416 e. The van der Waals surface area contributed by atoms with Crippen LogP contribution in [-0.2, 0) is 20.9 Å². The van der Waals surface area contributed by atoms with E-state index in [-0.39, 0.29) is 24.1 Å². The monoisotopic (exact) mass is 486 g/mol. The minimum Gasteiger partial charge on any atom is -0.444 e. The number of benzene rings is 1. The van der Waals surface area contributed by atoms with E-state index in [1.54, 1.807) is 27.7 Å². The number of carbonyl (C=O) groups excluding carboxylic acids is 1. The van der Waals surface area contributed by atoms with E-state index in [0.29, 0.717) is 6.07 Å². The van der Waals surface area contributed by atoms with Crippen LogP contribution in [0.3, 0.4) is 0 Å². The maximum atomic E-state index is 13.0. The number of sulfonamides is 1. The lowest BCUT2D eigenvalue weighted by Crippen LogP contribution is -2.56. The first-order valence-corrected chi connectivity index (χ1v) is 10.7. The third kappa shape index (κ3) is 5.38. The fraction of sp³-hybridized carbons (Fsp3) is 0.588. The molecule has 6 nitrogen and oxygen atoms in total. The molecule has 1 saturated heterocycles. The molecule has 1 fully saturated rings. The van der Waals surface area contributed by atoms with Crippen molar-refractivity contribution in [2.45, 2.75) is 50.4 Å². The summed E-state index contributed by atoms with van der Waals surface area (Å²) >= 11 is 2.94. The lowest BCUT2D eigenvalue weighted by atomic mass is 10.2. The molecule has 1 aromatic carbocycles. The smallest absolute Gasteiger partial charge is 0.416 e. The number of amides is 1. The third-order valence-electron chi connectivity index (χ3n) is 4.05. The molecule has 0 radical (unpaired) electrons. The van der Waals surface area contributed by atoms with Crippen molar-refractivity contribution in [3.05, 3.63) is 28.2 Å². The molecular formula is C17H22BrF3N2O4S. The largest absolute Gasteiger partial charge is 0.444 e. The number of nitrogens with zero attached hydrogens (tertiary/aromatic N) is 2. The second-order valence-electron chi connectivity index (χ2n) is 7.56. The van der Waals surface area contributed by atoms with E-state index in [1.165, 1.54) is 4.90 Å². The summed E-state index contributed by atoms with van der Waals surface area (Å²) in [5, 5.41) is 0. The molecule has 2 rings (SSSR count). The number of alkyl halides is 3. The van der Waals surface area contributed by atoms with Gasteiger partial charge >= 0.3 is 12.3 Å². The Morgan fingerprint density at radius 1 is 1.18 bits per heavy atom. The van der Waals surface area contributed by atoms with Crippen molar-refractivity contribution >= 4 is 32.0 Å². The quantitative estimate of drug-likeness (QED) is 0.631. The zero-order valence-electron chi connectivity index (χ0n) is 15.9. The van der Waals surface area contributed by atoms with Crippen LogP contribution in [0.15, 0.2) is 27.6 Å². The normalized spacial score (nSPS) is 19.6. The van der Waals surface area contributed by atoms with Crippen LogP contribution < -0.4 is 0 Å². The molecule has 0 saturated carbocycles. The van der Waals surface area contributed by atoms with Gasteiger partial charge in [-0.3, -0.25) is 0 Å². The first-order valence-electron chi connectivity index (χ1n) is 8.49. The van der Waals surface area contributed by atoms with E-state index >= 15 is 0 Å². The van der Waals surface area contributed by atoms with Crippen molar-refractivity contribution in [1.29, 1.82) is 0 Å². The summed E-state index contributed by atoms with van der Waals surface area (Å²) in [6.07, 6.45) is -5.23. The zero-order valence-corrected chi connectivity index (χ0v) is 18.3. The number of hydrogen-bond acceptors (Lipinski definition) is 4. The Labute approximate surface area is 170 Å². The molecule has 1 aromatic rings. The minimum absolute atomic E-state index is 0.0151. The van der Waals surface area contributed by atoms with Crippen LogP contribution in [0.2, 0.25) is 0 Å². The predicted octanol–water partition coefficient (Wildman–Crippen LogP) is 4.10. The Bertz CT molecular complexity index is 853. The Morgan fingerprint density at radius 2 is 1.79 bits per heavy atom. The Balaban J connectivity index is 2.23. The fourth-order valence-electron chi connectivity index (χ4n) is 2.76. The molecule has 1 aliphatic heterocycles. The van der Waals surface area contributed by atoms with Crippen molar-refractivity contribution in [3.63, 3.8) is 0 Å². The maximum absolute atomic E-state index is 13.0. The van der Waals surface area contributed by atoms with Crippen LogP contribution in [0, 0.1) is 0 Å². The second kappa shape index (κ2) is 7.83. The zero-order chi connectivity index (χ0) is 21.5. The van der Waals surface area contributed by atoms with Crippen LogP contribution in [0.1, 0.15) is 33.3 Å². The standard InChI is InChI=1S/C17H22BrF3N2O4S/c1-11-10-22(5-6-23(11)15(24)27-16(2,3)4)28(25,26)14-8-12(17(19,20)21)7-13(18)9-14/h7-9,11H,5-6,10H2,1-4H3/t11-/m1/s1. The van der Waals surface area contributed by atoms with E-state index in [1.807, 2.05) is 0 Å². The van der Waals surface area contributed by atoms with E-state index in [0.717, 1.165) is 16.4 Å². The summed E-state index contributed by atoms with van der Waals surface area (Å²) < 4.78 is 71.2. The molecule has 0 aromatic heterocycles. The summed E-state index contributed by atoms with van der Waals surface area (Å²) in [4.78, 5) is 13.2. The first-order chi connectivity index (χ1) is 12.6. The molecule has 1 heterocycles. The average molecular weight is 487 g/mol. The first kappa shape index (κ1) is 23.0. The van der Waals surface area contributed by atoms with E-state index in [2.05, 4.69) is 15.9 Å². The molecule has 1 atom stereocenters.